The Hall–Kier alpha value is -2.53. The molecule has 0 bridgehead atoms. The number of carbonyl (C=O) groups is 1. The molecule has 0 atom stereocenters. The number of para-hydroxylation sites is 1. The zero-order chi connectivity index (χ0) is 20.4. The SMILES string of the molecule is Cc1cccc(C)c1N=C1S/C(=C\c2ccc(N3CCCCC3)cc2)C(=O)N1C. The monoisotopic (exact) mass is 405 g/mol. The Labute approximate surface area is 177 Å². The minimum Gasteiger partial charge on any atom is -0.372 e. The number of piperidine rings is 1. The van der Waals surface area contributed by atoms with Crippen LogP contribution >= 0.6 is 11.8 Å². The molecule has 4 nitrogen and oxygen atoms in total. The maximum Gasteiger partial charge on any atom is 0.266 e. The number of thioether (sulfide) groups is 1. The summed E-state index contributed by atoms with van der Waals surface area (Å²) in [7, 11) is 1.79. The standard InChI is InChI=1S/C24H27N3OS/c1-17-8-7-9-18(2)22(17)25-24-26(3)23(28)21(29-24)16-19-10-12-20(13-11-19)27-14-5-4-6-15-27/h7-13,16H,4-6,14-15H2,1-3H3/b21-16-,25-24?. The lowest BCUT2D eigenvalue weighted by Gasteiger charge is -2.28. The first-order valence-electron chi connectivity index (χ1n) is 10.2. The average Bonchev–Trinajstić information content (AvgIpc) is 3.00. The summed E-state index contributed by atoms with van der Waals surface area (Å²) < 4.78 is 0. The predicted molar refractivity (Wildman–Crippen MR) is 124 cm³/mol. The highest BCUT2D eigenvalue weighted by Gasteiger charge is 2.30. The second-order valence-corrected chi connectivity index (χ2v) is 8.76. The van der Waals surface area contributed by atoms with Crippen molar-refractivity contribution in [2.24, 2.45) is 4.99 Å². The molecule has 0 N–H and O–H groups in total. The maximum absolute atomic E-state index is 12.7. The van der Waals surface area contributed by atoms with Gasteiger partial charge in [0.1, 0.15) is 0 Å². The first-order valence-corrected chi connectivity index (χ1v) is 11.0. The van der Waals surface area contributed by atoms with E-state index in [9.17, 15) is 4.79 Å². The Kier molecular flexibility index (Phi) is 5.76. The smallest absolute Gasteiger partial charge is 0.266 e. The maximum atomic E-state index is 12.7. The molecule has 150 valence electrons. The molecule has 2 aromatic rings. The van der Waals surface area contributed by atoms with E-state index in [4.69, 9.17) is 4.99 Å². The summed E-state index contributed by atoms with van der Waals surface area (Å²) in [5.41, 5.74) is 5.49. The fraction of sp³-hybridized carbons (Fsp3) is 0.333. The molecule has 0 spiro atoms. The van der Waals surface area contributed by atoms with Gasteiger partial charge >= 0.3 is 0 Å². The van der Waals surface area contributed by atoms with Gasteiger partial charge in [-0.15, -0.1) is 0 Å². The molecule has 2 aromatic carbocycles. The summed E-state index contributed by atoms with van der Waals surface area (Å²) in [6.45, 7) is 6.37. The molecule has 29 heavy (non-hydrogen) atoms. The van der Waals surface area contributed by atoms with E-state index in [1.807, 2.05) is 12.1 Å². The number of amidine groups is 1. The van der Waals surface area contributed by atoms with E-state index in [-0.39, 0.29) is 5.91 Å². The summed E-state index contributed by atoms with van der Waals surface area (Å²) in [5.74, 6) is 0.0000873. The summed E-state index contributed by atoms with van der Waals surface area (Å²) in [4.78, 5) is 22.3. The van der Waals surface area contributed by atoms with Gasteiger partial charge in [-0.1, -0.05) is 30.3 Å². The van der Waals surface area contributed by atoms with Gasteiger partial charge in [0.2, 0.25) is 0 Å². The van der Waals surface area contributed by atoms with Gasteiger partial charge in [-0.3, -0.25) is 9.69 Å². The second-order valence-electron chi connectivity index (χ2n) is 7.75. The van der Waals surface area contributed by atoms with Crippen LogP contribution in [0.3, 0.4) is 0 Å². The van der Waals surface area contributed by atoms with Crippen molar-refractivity contribution in [1.29, 1.82) is 0 Å². The number of benzene rings is 2. The van der Waals surface area contributed by atoms with E-state index < -0.39 is 0 Å². The highest BCUT2D eigenvalue weighted by atomic mass is 32.2. The van der Waals surface area contributed by atoms with Crippen LogP contribution in [0.5, 0.6) is 0 Å². The number of hydrogen-bond acceptors (Lipinski definition) is 4. The lowest BCUT2D eigenvalue weighted by atomic mass is 10.1. The van der Waals surface area contributed by atoms with Crippen molar-refractivity contribution in [3.8, 4) is 0 Å². The minimum atomic E-state index is 0.0000873. The first-order chi connectivity index (χ1) is 14.0. The minimum absolute atomic E-state index is 0.0000873. The van der Waals surface area contributed by atoms with E-state index in [1.165, 1.54) is 36.7 Å². The highest BCUT2D eigenvalue weighted by Crippen LogP contribution is 2.35. The van der Waals surface area contributed by atoms with Crippen LogP contribution in [0.15, 0.2) is 52.4 Å². The molecule has 2 fully saturated rings. The Morgan fingerprint density at radius 3 is 2.28 bits per heavy atom. The Morgan fingerprint density at radius 1 is 0.966 bits per heavy atom. The fourth-order valence-corrected chi connectivity index (χ4v) is 4.79. The molecule has 2 saturated heterocycles. The van der Waals surface area contributed by atoms with Crippen molar-refractivity contribution >= 4 is 40.3 Å². The fourth-order valence-electron chi connectivity index (χ4n) is 3.81. The van der Waals surface area contributed by atoms with Crippen molar-refractivity contribution < 1.29 is 4.79 Å². The molecule has 2 heterocycles. The van der Waals surface area contributed by atoms with Gasteiger partial charge < -0.3 is 4.90 Å². The summed E-state index contributed by atoms with van der Waals surface area (Å²) >= 11 is 1.44. The van der Waals surface area contributed by atoms with E-state index in [0.29, 0.717) is 4.91 Å². The molecule has 0 unspecified atom stereocenters. The molecular weight excluding hydrogens is 378 g/mol. The van der Waals surface area contributed by atoms with Crippen LogP contribution in [0, 0.1) is 13.8 Å². The van der Waals surface area contributed by atoms with Gasteiger partial charge in [-0.2, -0.15) is 0 Å². The van der Waals surface area contributed by atoms with Gasteiger partial charge in [0, 0.05) is 25.8 Å². The van der Waals surface area contributed by atoms with Crippen LogP contribution in [-0.4, -0.2) is 36.1 Å². The van der Waals surface area contributed by atoms with Crippen molar-refractivity contribution in [1.82, 2.24) is 4.90 Å². The zero-order valence-corrected chi connectivity index (χ0v) is 18.1. The van der Waals surface area contributed by atoms with Crippen LogP contribution < -0.4 is 4.90 Å². The van der Waals surface area contributed by atoms with Crippen LogP contribution in [0.2, 0.25) is 0 Å². The number of carbonyl (C=O) groups excluding carboxylic acids is 1. The molecule has 1 amide bonds. The zero-order valence-electron chi connectivity index (χ0n) is 17.3. The van der Waals surface area contributed by atoms with Crippen molar-refractivity contribution in [3.63, 3.8) is 0 Å². The average molecular weight is 406 g/mol. The van der Waals surface area contributed by atoms with E-state index in [2.05, 4.69) is 55.1 Å². The van der Waals surface area contributed by atoms with Crippen molar-refractivity contribution in [2.75, 3.05) is 25.0 Å². The van der Waals surface area contributed by atoms with Gasteiger partial charge in [0.25, 0.3) is 5.91 Å². The molecule has 0 aliphatic carbocycles. The van der Waals surface area contributed by atoms with Crippen molar-refractivity contribution in [3.05, 3.63) is 64.1 Å². The molecule has 0 aromatic heterocycles. The Morgan fingerprint density at radius 2 is 1.62 bits per heavy atom. The third-order valence-corrected chi connectivity index (χ3v) is 6.62. The predicted octanol–water partition coefficient (Wildman–Crippen LogP) is 5.53. The van der Waals surface area contributed by atoms with E-state index in [1.54, 1.807) is 11.9 Å². The second kappa shape index (κ2) is 8.46. The Bertz CT molecular complexity index is 952. The number of likely N-dealkylation sites (N-methyl/N-ethyl adjacent to an activating group) is 1. The van der Waals surface area contributed by atoms with Gasteiger partial charge in [0.05, 0.1) is 10.6 Å². The lowest BCUT2D eigenvalue weighted by Crippen LogP contribution is -2.29. The molecule has 0 saturated carbocycles. The third-order valence-electron chi connectivity index (χ3n) is 5.56. The molecule has 5 heteroatoms. The molecule has 2 aliphatic heterocycles. The number of aryl methyl sites for hydroxylation is 2. The van der Waals surface area contributed by atoms with Crippen LogP contribution in [0.1, 0.15) is 36.0 Å². The van der Waals surface area contributed by atoms with Crippen LogP contribution in [0.4, 0.5) is 11.4 Å². The van der Waals surface area contributed by atoms with E-state index in [0.717, 1.165) is 40.6 Å². The molecule has 4 rings (SSSR count). The van der Waals surface area contributed by atoms with Crippen LogP contribution in [-0.2, 0) is 4.79 Å². The quantitative estimate of drug-likeness (QED) is 0.630. The van der Waals surface area contributed by atoms with E-state index >= 15 is 0 Å². The Balaban J connectivity index is 1.55. The number of nitrogens with zero attached hydrogens (tertiary/aromatic N) is 3. The number of aliphatic imine (C=N–C) groups is 1. The number of anilines is 1. The normalized spacial score (nSPS) is 20.2. The summed E-state index contributed by atoms with van der Waals surface area (Å²) in [6, 6.07) is 14.7. The first kappa shape index (κ1) is 19.8. The third kappa shape index (κ3) is 4.25. The summed E-state index contributed by atoms with van der Waals surface area (Å²) in [6.07, 6.45) is 5.84. The van der Waals surface area contributed by atoms with Gasteiger partial charge in [-0.05, 0) is 79.8 Å². The lowest BCUT2D eigenvalue weighted by molar-refractivity contribution is -0.121. The summed E-state index contributed by atoms with van der Waals surface area (Å²) in [5, 5.41) is 0.726. The van der Waals surface area contributed by atoms with Gasteiger partial charge in [-0.25, -0.2) is 4.99 Å². The topological polar surface area (TPSA) is 35.9 Å². The number of amides is 1. The van der Waals surface area contributed by atoms with Gasteiger partial charge in [0.15, 0.2) is 5.17 Å². The highest BCUT2D eigenvalue weighted by molar-refractivity contribution is 8.18. The van der Waals surface area contributed by atoms with Crippen LogP contribution in [0.25, 0.3) is 6.08 Å². The van der Waals surface area contributed by atoms with Crippen molar-refractivity contribution in [2.45, 2.75) is 33.1 Å². The molecular formula is C24H27N3OS. The number of rotatable bonds is 3. The molecule has 2 aliphatic rings. The molecule has 0 radical (unpaired) electrons. The largest absolute Gasteiger partial charge is 0.372 e. The number of hydrogen-bond donors (Lipinski definition) is 0.